The molecule has 0 saturated heterocycles. The smallest absolute Gasteiger partial charge is 0.190 e. The third kappa shape index (κ3) is 1.58. The Labute approximate surface area is 67.0 Å². The van der Waals surface area contributed by atoms with Crippen LogP contribution in [0.15, 0.2) is 23.1 Å². The van der Waals surface area contributed by atoms with Crippen LogP contribution in [0.2, 0.25) is 0 Å². The van der Waals surface area contributed by atoms with E-state index >= 15 is 0 Å². The summed E-state index contributed by atoms with van der Waals surface area (Å²) in [6.07, 6.45) is 0. The van der Waals surface area contributed by atoms with Gasteiger partial charge in [-0.05, 0) is 18.6 Å². The van der Waals surface area contributed by atoms with Crippen molar-refractivity contribution in [2.75, 3.05) is 0 Å². The fourth-order valence-electron chi connectivity index (χ4n) is 0.773. The Balaban J connectivity index is 3.27. The molecule has 1 rings (SSSR count). The van der Waals surface area contributed by atoms with Crippen molar-refractivity contribution < 1.29 is 13.9 Å². The Morgan fingerprint density at radius 3 is 2.55 bits per heavy atom. The molecule has 0 fully saturated rings. The van der Waals surface area contributed by atoms with E-state index in [0.717, 1.165) is 0 Å². The molecule has 3 nitrogen and oxygen atoms in total. The predicted molar refractivity (Wildman–Crippen MR) is 41.9 cm³/mol. The van der Waals surface area contributed by atoms with Gasteiger partial charge in [0.1, 0.15) is 10.6 Å². The van der Waals surface area contributed by atoms with Gasteiger partial charge in [0.25, 0.3) is 0 Å². The lowest BCUT2D eigenvalue weighted by molar-refractivity contribution is 0.452. The van der Waals surface area contributed by atoms with Gasteiger partial charge in [-0.25, -0.2) is 4.21 Å². The van der Waals surface area contributed by atoms with Crippen molar-refractivity contribution in [1.82, 2.24) is 0 Å². The summed E-state index contributed by atoms with van der Waals surface area (Å²) in [5, 5.41) is 9.21. The molecule has 0 radical (unpaired) electrons. The SMILES string of the molecule is Cc1cccc(S(=O)O)c1O. The Morgan fingerprint density at radius 2 is 2.09 bits per heavy atom. The highest BCUT2D eigenvalue weighted by Crippen LogP contribution is 2.23. The van der Waals surface area contributed by atoms with Gasteiger partial charge in [-0.3, -0.25) is 0 Å². The zero-order valence-electron chi connectivity index (χ0n) is 5.94. The third-order valence-electron chi connectivity index (χ3n) is 1.39. The number of hydrogen-bond acceptors (Lipinski definition) is 2. The van der Waals surface area contributed by atoms with E-state index in [1.54, 1.807) is 19.1 Å². The van der Waals surface area contributed by atoms with Gasteiger partial charge in [-0.1, -0.05) is 12.1 Å². The maximum Gasteiger partial charge on any atom is 0.190 e. The van der Waals surface area contributed by atoms with Gasteiger partial charge in [-0.15, -0.1) is 0 Å². The molecular formula is C7H8O3S. The Hall–Kier alpha value is -0.870. The summed E-state index contributed by atoms with van der Waals surface area (Å²) >= 11 is -2.10. The highest BCUT2D eigenvalue weighted by Gasteiger charge is 2.07. The molecule has 1 unspecified atom stereocenters. The van der Waals surface area contributed by atoms with E-state index in [2.05, 4.69) is 0 Å². The molecule has 11 heavy (non-hydrogen) atoms. The third-order valence-corrected chi connectivity index (χ3v) is 2.09. The zero-order chi connectivity index (χ0) is 8.43. The van der Waals surface area contributed by atoms with Crippen molar-refractivity contribution in [3.05, 3.63) is 23.8 Å². The summed E-state index contributed by atoms with van der Waals surface area (Å²) in [5.74, 6) is -0.103. The van der Waals surface area contributed by atoms with Crippen LogP contribution < -0.4 is 0 Å². The van der Waals surface area contributed by atoms with Gasteiger partial charge in [0.15, 0.2) is 11.1 Å². The van der Waals surface area contributed by atoms with Gasteiger partial charge in [0.2, 0.25) is 0 Å². The minimum absolute atomic E-state index is 0.0602. The lowest BCUT2D eigenvalue weighted by atomic mass is 10.2. The van der Waals surface area contributed by atoms with E-state index in [4.69, 9.17) is 4.55 Å². The van der Waals surface area contributed by atoms with Gasteiger partial charge < -0.3 is 9.66 Å². The quantitative estimate of drug-likeness (QED) is 0.627. The van der Waals surface area contributed by atoms with Gasteiger partial charge in [0.05, 0.1) is 0 Å². The van der Waals surface area contributed by atoms with E-state index in [0.29, 0.717) is 5.56 Å². The minimum atomic E-state index is -2.10. The second kappa shape index (κ2) is 3.02. The van der Waals surface area contributed by atoms with Crippen molar-refractivity contribution in [3.8, 4) is 5.75 Å². The molecule has 0 aromatic heterocycles. The molecule has 4 heteroatoms. The second-order valence-corrected chi connectivity index (χ2v) is 3.11. The molecule has 0 spiro atoms. The lowest BCUT2D eigenvalue weighted by Crippen LogP contribution is -1.89. The molecular weight excluding hydrogens is 164 g/mol. The second-order valence-electron chi connectivity index (χ2n) is 2.17. The molecule has 1 aromatic carbocycles. The first-order valence-electron chi connectivity index (χ1n) is 3.02. The van der Waals surface area contributed by atoms with E-state index in [-0.39, 0.29) is 10.6 Å². The summed E-state index contributed by atoms with van der Waals surface area (Å²) in [6, 6.07) is 4.71. The summed E-state index contributed by atoms with van der Waals surface area (Å²) < 4.78 is 19.2. The van der Waals surface area contributed by atoms with Gasteiger partial charge >= 0.3 is 0 Å². The van der Waals surface area contributed by atoms with Gasteiger partial charge in [-0.2, -0.15) is 0 Å². The van der Waals surface area contributed by atoms with Crippen LogP contribution in [0, 0.1) is 6.92 Å². The highest BCUT2D eigenvalue weighted by atomic mass is 32.2. The number of hydrogen-bond donors (Lipinski definition) is 2. The first-order valence-corrected chi connectivity index (χ1v) is 4.13. The molecule has 60 valence electrons. The fourth-order valence-corrected chi connectivity index (χ4v) is 1.29. The number of benzene rings is 1. The lowest BCUT2D eigenvalue weighted by Gasteiger charge is -2.01. The summed E-state index contributed by atoms with van der Waals surface area (Å²) in [6.45, 7) is 1.67. The van der Waals surface area contributed by atoms with Crippen molar-refractivity contribution in [2.45, 2.75) is 11.8 Å². The topological polar surface area (TPSA) is 57.5 Å². The maximum atomic E-state index is 10.5. The molecule has 0 heterocycles. The van der Waals surface area contributed by atoms with Gasteiger partial charge in [0, 0.05) is 0 Å². The number of phenolic OH excluding ortho intramolecular Hbond substituents is 1. The Kier molecular flexibility index (Phi) is 2.26. The molecule has 0 aliphatic carbocycles. The first-order chi connectivity index (χ1) is 5.13. The van der Waals surface area contributed by atoms with Crippen molar-refractivity contribution in [1.29, 1.82) is 0 Å². The first kappa shape index (κ1) is 8.23. The van der Waals surface area contributed by atoms with Crippen molar-refractivity contribution in [2.24, 2.45) is 0 Å². The number of aromatic hydroxyl groups is 1. The number of aryl methyl sites for hydroxylation is 1. The van der Waals surface area contributed by atoms with Crippen molar-refractivity contribution >= 4 is 11.1 Å². The standard InChI is InChI=1S/C7H8O3S/c1-5-3-2-4-6(7(5)8)11(9)10/h2-4,8H,1H3,(H,9,10). The van der Waals surface area contributed by atoms with Crippen LogP contribution >= 0.6 is 0 Å². The molecule has 0 aliphatic heterocycles. The molecule has 0 amide bonds. The molecule has 0 bridgehead atoms. The summed E-state index contributed by atoms with van der Waals surface area (Å²) in [4.78, 5) is 0.0602. The van der Waals surface area contributed by atoms with Crippen LogP contribution in [0.1, 0.15) is 5.56 Å². The molecule has 1 aromatic rings. The average Bonchev–Trinajstić information content (AvgIpc) is 1.94. The van der Waals surface area contributed by atoms with Crippen LogP contribution in [0.4, 0.5) is 0 Å². The largest absolute Gasteiger partial charge is 0.506 e. The summed E-state index contributed by atoms with van der Waals surface area (Å²) in [7, 11) is 0. The highest BCUT2D eigenvalue weighted by molar-refractivity contribution is 7.79. The fraction of sp³-hybridized carbons (Fsp3) is 0.143. The van der Waals surface area contributed by atoms with E-state index in [9.17, 15) is 9.32 Å². The minimum Gasteiger partial charge on any atom is -0.506 e. The van der Waals surface area contributed by atoms with Crippen molar-refractivity contribution in [3.63, 3.8) is 0 Å². The number of phenols is 1. The Morgan fingerprint density at radius 1 is 1.45 bits per heavy atom. The molecule has 0 aliphatic rings. The van der Waals surface area contributed by atoms with E-state index < -0.39 is 11.1 Å². The van der Waals surface area contributed by atoms with Crippen LogP contribution in [0.25, 0.3) is 0 Å². The summed E-state index contributed by atoms with van der Waals surface area (Å²) in [5.41, 5.74) is 0.602. The van der Waals surface area contributed by atoms with Crippen LogP contribution in [-0.4, -0.2) is 13.9 Å². The maximum absolute atomic E-state index is 10.5. The van der Waals surface area contributed by atoms with Crippen LogP contribution in [0.5, 0.6) is 5.75 Å². The molecule has 1 atom stereocenters. The monoisotopic (exact) mass is 172 g/mol. The van der Waals surface area contributed by atoms with Crippen LogP contribution in [-0.2, 0) is 11.1 Å². The zero-order valence-corrected chi connectivity index (χ0v) is 6.76. The molecule has 0 saturated carbocycles. The van der Waals surface area contributed by atoms with E-state index in [1.807, 2.05) is 0 Å². The Bertz CT molecular complexity index is 296. The predicted octanol–water partition coefficient (Wildman–Crippen LogP) is 1.28. The number of para-hydroxylation sites is 1. The number of rotatable bonds is 1. The average molecular weight is 172 g/mol. The van der Waals surface area contributed by atoms with Crippen LogP contribution in [0.3, 0.4) is 0 Å². The normalized spacial score (nSPS) is 12.9. The molecule has 2 N–H and O–H groups in total. The van der Waals surface area contributed by atoms with E-state index in [1.165, 1.54) is 6.07 Å².